The Hall–Kier alpha value is -3.04. The van der Waals surface area contributed by atoms with Crippen LogP contribution >= 0.6 is 0 Å². The minimum absolute atomic E-state index is 0.0207. The van der Waals surface area contributed by atoms with Gasteiger partial charge in [0.15, 0.2) is 0 Å². The second kappa shape index (κ2) is 9.31. The standard InChI is InChI=1S/C25H28N4O4S/c1-18-9-11-22(12-10-18)34(31,32)29-15-5-8-21(17-29)24-26-23(27-33-24)19-6-4-7-20(16-19)25(30)28-13-2-3-14-28/h4,6-7,9-12,16,21H,2-3,5,8,13-15,17H2,1H3/t21-/m0/s1. The number of benzene rings is 2. The van der Waals surface area contributed by atoms with Gasteiger partial charge < -0.3 is 9.42 Å². The smallest absolute Gasteiger partial charge is 0.253 e. The monoisotopic (exact) mass is 480 g/mol. The maximum absolute atomic E-state index is 13.1. The third-order valence-corrected chi connectivity index (χ3v) is 8.47. The first-order valence-corrected chi connectivity index (χ1v) is 13.2. The molecule has 1 amide bonds. The van der Waals surface area contributed by atoms with Gasteiger partial charge in [0.1, 0.15) is 0 Å². The average molecular weight is 481 g/mol. The number of sulfonamides is 1. The number of aromatic nitrogens is 2. The van der Waals surface area contributed by atoms with Gasteiger partial charge in [0.05, 0.1) is 10.8 Å². The van der Waals surface area contributed by atoms with Crippen LogP contribution in [-0.4, -0.2) is 59.8 Å². The molecule has 34 heavy (non-hydrogen) atoms. The summed E-state index contributed by atoms with van der Waals surface area (Å²) in [5.41, 5.74) is 2.33. The van der Waals surface area contributed by atoms with Crippen molar-refractivity contribution in [1.29, 1.82) is 0 Å². The van der Waals surface area contributed by atoms with Gasteiger partial charge in [0, 0.05) is 37.3 Å². The molecule has 8 nitrogen and oxygen atoms in total. The van der Waals surface area contributed by atoms with E-state index in [1.165, 1.54) is 4.31 Å². The fourth-order valence-corrected chi connectivity index (χ4v) is 6.16. The normalized spacial score (nSPS) is 19.4. The molecule has 0 saturated carbocycles. The molecule has 3 heterocycles. The zero-order valence-corrected chi connectivity index (χ0v) is 20.0. The summed E-state index contributed by atoms with van der Waals surface area (Å²) >= 11 is 0. The van der Waals surface area contributed by atoms with Crippen molar-refractivity contribution in [2.45, 2.75) is 43.4 Å². The van der Waals surface area contributed by atoms with Gasteiger partial charge in [-0.3, -0.25) is 4.79 Å². The van der Waals surface area contributed by atoms with E-state index in [-0.39, 0.29) is 11.8 Å². The molecule has 0 spiro atoms. The summed E-state index contributed by atoms with van der Waals surface area (Å²) in [6, 6.07) is 14.2. The molecule has 5 rings (SSSR count). The van der Waals surface area contributed by atoms with Gasteiger partial charge >= 0.3 is 0 Å². The van der Waals surface area contributed by atoms with Gasteiger partial charge in [-0.15, -0.1) is 0 Å². The first kappa shape index (κ1) is 22.7. The van der Waals surface area contributed by atoms with Gasteiger partial charge in [0.2, 0.25) is 21.7 Å². The lowest BCUT2D eigenvalue weighted by Gasteiger charge is -2.30. The second-order valence-corrected chi connectivity index (χ2v) is 11.0. The van der Waals surface area contributed by atoms with E-state index in [0.29, 0.717) is 47.2 Å². The molecule has 2 aliphatic rings. The van der Waals surface area contributed by atoms with E-state index in [1.807, 2.05) is 24.0 Å². The third-order valence-electron chi connectivity index (χ3n) is 6.59. The Morgan fingerprint density at radius 2 is 1.79 bits per heavy atom. The first-order chi connectivity index (χ1) is 16.4. The van der Waals surface area contributed by atoms with Crippen molar-refractivity contribution >= 4 is 15.9 Å². The quantitative estimate of drug-likeness (QED) is 0.550. The first-order valence-electron chi connectivity index (χ1n) is 11.7. The van der Waals surface area contributed by atoms with Crippen LogP contribution in [0.2, 0.25) is 0 Å². The van der Waals surface area contributed by atoms with Crippen molar-refractivity contribution in [3.8, 4) is 11.4 Å². The summed E-state index contributed by atoms with van der Waals surface area (Å²) in [4.78, 5) is 19.5. The Labute approximate surface area is 199 Å². The number of likely N-dealkylation sites (tertiary alicyclic amines) is 1. The predicted octanol–water partition coefficient (Wildman–Crippen LogP) is 3.85. The number of piperidine rings is 1. The molecule has 0 unspecified atom stereocenters. The van der Waals surface area contributed by atoms with Crippen molar-refractivity contribution < 1.29 is 17.7 Å². The third kappa shape index (κ3) is 4.50. The minimum atomic E-state index is -3.59. The van der Waals surface area contributed by atoms with Crippen molar-refractivity contribution in [3.05, 3.63) is 65.5 Å². The Kier molecular flexibility index (Phi) is 6.22. The number of carbonyl (C=O) groups is 1. The number of hydrogen-bond donors (Lipinski definition) is 0. The average Bonchev–Trinajstić information content (AvgIpc) is 3.57. The van der Waals surface area contributed by atoms with Gasteiger partial charge in [0.25, 0.3) is 5.91 Å². The second-order valence-electron chi connectivity index (χ2n) is 9.05. The number of amides is 1. The lowest BCUT2D eigenvalue weighted by molar-refractivity contribution is 0.0793. The van der Waals surface area contributed by atoms with Crippen LogP contribution in [0.4, 0.5) is 0 Å². The Morgan fingerprint density at radius 1 is 1.03 bits per heavy atom. The van der Waals surface area contributed by atoms with Crippen LogP contribution in [0.15, 0.2) is 57.9 Å². The summed E-state index contributed by atoms with van der Waals surface area (Å²) in [7, 11) is -3.59. The molecule has 2 saturated heterocycles. The summed E-state index contributed by atoms with van der Waals surface area (Å²) in [5, 5.41) is 4.14. The van der Waals surface area contributed by atoms with Crippen LogP contribution in [0.3, 0.4) is 0 Å². The maximum atomic E-state index is 13.1. The highest BCUT2D eigenvalue weighted by atomic mass is 32.2. The predicted molar refractivity (Wildman–Crippen MR) is 127 cm³/mol. The summed E-state index contributed by atoms with van der Waals surface area (Å²) < 4.78 is 33.3. The van der Waals surface area contributed by atoms with E-state index < -0.39 is 10.0 Å². The van der Waals surface area contributed by atoms with E-state index >= 15 is 0 Å². The van der Waals surface area contributed by atoms with Crippen LogP contribution in [0.25, 0.3) is 11.4 Å². The molecular formula is C25H28N4O4S. The number of carbonyl (C=O) groups excluding carboxylic acids is 1. The van der Waals surface area contributed by atoms with Gasteiger partial charge in [-0.2, -0.15) is 9.29 Å². The van der Waals surface area contributed by atoms with E-state index in [9.17, 15) is 13.2 Å². The molecule has 2 aliphatic heterocycles. The van der Waals surface area contributed by atoms with Crippen LogP contribution < -0.4 is 0 Å². The number of hydrogen-bond acceptors (Lipinski definition) is 6. The molecule has 178 valence electrons. The van der Waals surface area contributed by atoms with Gasteiger partial charge in [-0.05, 0) is 56.9 Å². The molecule has 9 heteroatoms. The molecule has 0 N–H and O–H groups in total. The highest BCUT2D eigenvalue weighted by Crippen LogP contribution is 2.31. The summed E-state index contributed by atoms with van der Waals surface area (Å²) in [5.74, 6) is 0.677. The molecule has 0 radical (unpaired) electrons. The fourth-order valence-electron chi connectivity index (χ4n) is 4.63. The zero-order valence-electron chi connectivity index (χ0n) is 19.2. The lowest BCUT2D eigenvalue weighted by atomic mass is 10.00. The summed E-state index contributed by atoms with van der Waals surface area (Å²) in [6.07, 6.45) is 3.57. The fraction of sp³-hybridized carbons (Fsp3) is 0.400. The van der Waals surface area contributed by atoms with Crippen LogP contribution in [0.1, 0.15) is 53.4 Å². The molecule has 0 aliphatic carbocycles. The Balaban J connectivity index is 1.33. The lowest BCUT2D eigenvalue weighted by Crippen LogP contribution is -2.39. The molecule has 2 fully saturated rings. The Morgan fingerprint density at radius 3 is 2.56 bits per heavy atom. The number of rotatable bonds is 5. The van der Waals surface area contributed by atoms with Crippen molar-refractivity contribution in [1.82, 2.24) is 19.3 Å². The van der Waals surface area contributed by atoms with Crippen LogP contribution in [0.5, 0.6) is 0 Å². The molecule has 1 aromatic heterocycles. The summed E-state index contributed by atoms with van der Waals surface area (Å²) in [6.45, 7) is 4.27. The molecule has 2 aromatic carbocycles. The molecule has 3 aromatic rings. The molecular weight excluding hydrogens is 452 g/mol. The van der Waals surface area contributed by atoms with Crippen molar-refractivity contribution in [3.63, 3.8) is 0 Å². The number of nitrogens with zero attached hydrogens (tertiary/aromatic N) is 4. The van der Waals surface area contributed by atoms with Crippen LogP contribution in [0, 0.1) is 6.92 Å². The van der Waals surface area contributed by atoms with E-state index in [0.717, 1.165) is 37.9 Å². The highest BCUT2D eigenvalue weighted by molar-refractivity contribution is 7.89. The van der Waals surface area contributed by atoms with E-state index in [1.54, 1.807) is 36.4 Å². The van der Waals surface area contributed by atoms with E-state index in [4.69, 9.17) is 4.52 Å². The highest BCUT2D eigenvalue weighted by Gasteiger charge is 2.33. The van der Waals surface area contributed by atoms with Gasteiger partial charge in [-0.25, -0.2) is 8.42 Å². The Bertz CT molecular complexity index is 1280. The van der Waals surface area contributed by atoms with E-state index in [2.05, 4.69) is 10.1 Å². The minimum Gasteiger partial charge on any atom is -0.339 e. The van der Waals surface area contributed by atoms with Crippen molar-refractivity contribution in [2.75, 3.05) is 26.2 Å². The number of aryl methyl sites for hydroxylation is 1. The van der Waals surface area contributed by atoms with Crippen molar-refractivity contribution in [2.24, 2.45) is 0 Å². The SMILES string of the molecule is Cc1ccc(S(=O)(=O)N2CCC[C@H](c3nc(-c4cccc(C(=O)N5CCCC5)c4)no3)C2)cc1. The molecule has 1 atom stereocenters. The van der Waals surface area contributed by atoms with Gasteiger partial charge in [-0.1, -0.05) is 35.0 Å². The van der Waals surface area contributed by atoms with Crippen LogP contribution in [-0.2, 0) is 10.0 Å². The topological polar surface area (TPSA) is 96.6 Å². The molecule has 0 bridgehead atoms. The largest absolute Gasteiger partial charge is 0.339 e. The maximum Gasteiger partial charge on any atom is 0.253 e. The zero-order chi connectivity index (χ0) is 23.7.